The average molecular weight is 408 g/mol. The minimum atomic E-state index is -4.85. The highest BCUT2D eigenvalue weighted by atomic mass is 31.2. The molecule has 1 fully saturated rings. The van der Waals surface area contributed by atoms with E-state index < -0.39 is 50.6 Å². The molecule has 0 bridgehead atoms. The minimum Gasteiger partial charge on any atom is -0.387 e. The van der Waals surface area contributed by atoms with Crippen LogP contribution in [0.1, 0.15) is 6.23 Å². The normalized spacial score (nSPS) is 29.3. The SMILES string of the molecule is Cn1c[n+]([C@@H]2O[C@H](COP(=O)(O)O)[C@@H](O)[C@H](O)[C@H]2O)c2nc(N)[nH]c(=O)c21. The summed E-state index contributed by atoms with van der Waals surface area (Å²) in [6.45, 7) is -0.757. The molecule has 5 atom stereocenters. The first-order chi connectivity index (χ1) is 12.5. The molecule has 27 heavy (non-hydrogen) atoms. The average Bonchev–Trinajstić information content (AvgIpc) is 2.88. The molecule has 1 saturated heterocycles. The fourth-order valence-corrected chi connectivity index (χ4v) is 3.27. The van der Waals surface area contributed by atoms with Crippen LogP contribution in [0.25, 0.3) is 11.2 Å². The number of phosphoric acid groups is 1. The van der Waals surface area contributed by atoms with Crippen molar-refractivity contribution in [2.24, 2.45) is 7.05 Å². The lowest BCUT2D eigenvalue weighted by molar-refractivity contribution is -0.759. The van der Waals surface area contributed by atoms with E-state index in [2.05, 4.69) is 14.5 Å². The Bertz CT molecular complexity index is 955. The van der Waals surface area contributed by atoms with Gasteiger partial charge in [0.1, 0.15) is 24.4 Å². The molecule has 0 amide bonds. The third-order valence-corrected chi connectivity index (χ3v) is 4.64. The number of ether oxygens (including phenoxy) is 1. The van der Waals surface area contributed by atoms with Gasteiger partial charge in [-0.1, -0.05) is 4.98 Å². The Hall–Kier alpha value is -1.90. The number of hydrogen-bond acceptors (Lipinski definition) is 9. The summed E-state index contributed by atoms with van der Waals surface area (Å²) >= 11 is 0. The molecule has 3 heterocycles. The van der Waals surface area contributed by atoms with Crippen LogP contribution < -0.4 is 15.9 Å². The molecule has 0 unspecified atom stereocenters. The molecule has 0 aromatic carbocycles. The van der Waals surface area contributed by atoms with Crippen LogP contribution >= 0.6 is 7.82 Å². The number of aromatic nitrogens is 4. The molecule has 0 saturated carbocycles. The third kappa shape index (κ3) is 3.74. The van der Waals surface area contributed by atoms with E-state index in [1.165, 1.54) is 22.5 Å². The molecule has 0 aliphatic carbocycles. The number of aliphatic hydroxyl groups excluding tert-OH is 3. The molecule has 2 aromatic rings. The second-order valence-electron chi connectivity index (χ2n) is 6.08. The molecule has 1 aliphatic rings. The number of H-pyrrole nitrogens is 1. The molecule has 3 rings (SSSR count). The van der Waals surface area contributed by atoms with Crippen LogP contribution in [0.3, 0.4) is 0 Å². The molecule has 150 valence electrons. The van der Waals surface area contributed by atoms with E-state index in [0.717, 1.165) is 0 Å². The van der Waals surface area contributed by atoms with Gasteiger partial charge in [-0.25, -0.2) is 9.13 Å². The quantitative estimate of drug-likeness (QED) is 0.192. The number of phosphoric ester groups is 1. The van der Waals surface area contributed by atoms with Crippen molar-refractivity contribution < 1.29 is 43.5 Å². The molecule has 14 nitrogen and oxygen atoms in total. The number of hydrogen-bond donors (Lipinski definition) is 7. The standard InChI is InChI=1S/C12H18N5O9P/c1-16-3-17(9-5(16)10(21)15-12(13)14-9)11-8(20)7(19)6(18)4(26-11)2-25-27(22,23)24/h3-4,6-8,11,18-20H,2H2,1H3,(H4-,13,14,15,21,22,23,24)/p+1/t4-,6-,7+,8-,11-/m1/s1. The number of nitrogens with one attached hydrogen (secondary N) is 1. The van der Waals surface area contributed by atoms with Crippen LogP contribution in [0.5, 0.6) is 0 Å². The van der Waals surface area contributed by atoms with E-state index in [0.29, 0.717) is 0 Å². The maximum Gasteiger partial charge on any atom is 0.469 e. The highest BCUT2D eigenvalue weighted by molar-refractivity contribution is 7.46. The number of aryl methyl sites for hydroxylation is 1. The van der Waals surface area contributed by atoms with Gasteiger partial charge in [-0.05, 0) is 0 Å². The molecular formula is C12H19N5O9P+. The fraction of sp³-hybridized carbons (Fsp3) is 0.583. The molecule has 2 aromatic heterocycles. The van der Waals surface area contributed by atoms with E-state index in [1.807, 2.05) is 0 Å². The summed E-state index contributed by atoms with van der Waals surface area (Å²) in [5.41, 5.74) is 5.13. The first-order valence-corrected chi connectivity index (χ1v) is 9.18. The predicted molar refractivity (Wildman–Crippen MR) is 85.9 cm³/mol. The summed E-state index contributed by atoms with van der Waals surface area (Å²) in [5, 5.41) is 30.4. The van der Waals surface area contributed by atoms with Crippen LogP contribution in [0.4, 0.5) is 5.95 Å². The molecule has 15 heteroatoms. The zero-order chi connectivity index (χ0) is 20.1. The first kappa shape index (κ1) is 19.9. The lowest BCUT2D eigenvalue weighted by Gasteiger charge is -2.39. The Morgan fingerprint density at radius 2 is 2.04 bits per heavy atom. The lowest BCUT2D eigenvalue weighted by Crippen LogP contribution is -2.62. The van der Waals surface area contributed by atoms with Gasteiger partial charge in [0.15, 0.2) is 6.33 Å². The highest BCUT2D eigenvalue weighted by Gasteiger charge is 2.47. The minimum absolute atomic E-state index is 0.0287. The van der Waals surface area contributed by atoms with Crippen molar-refractivity contribution in [1.29, 1.82) is 0 Å². The summed E-state index contributed by atoms with van der Waals surface area (Å²) < 4.78 is 23.3. The summed E-state index contributed by atoms with van der Waals surface area (Å²) in [7, 11) is -3.33. The molecular weight excluding hydrogens is 389 g/mol. The van der Waals surface area contributed by atoms with Crippen LogP contribution in [-0.4, -0.2) is 70.7 Å². The van der Waals surface area contributed by atoms with Gasteiger partial charge in [-0.15, -0.1) is 0 Å². The van der Waals surface area contributed by atoms with Crippen molar-refractivity contribution in [2.45, 2.75) is 30.6 Å². The van der Waals surface area contributed by atoms with Gasteiger partial charge in [-0.3, -0.25) is 18.9 Å². The summed E-state index contributed by atoms with van der Waals surface area (Å²) in [6.07, 6.45) is -6.44. The van der Waals surface area contributed by atoms with Gasteiger partial charge in [0.25, 0.3) is 11.5 Å². The second-order valence-corrected chi connectivity index (χ2v) is 7.32. The number of fused-ring (bicyclic) bond motifs is 1. The van der Waals surface area contributed by atoms with Gasteiger partial charge in [0.2, 0.25) is 11.7 Å². The van der Waals surface area contributed by atoms with Crippen molar-refractivity contribution in [2.75, 3.05) is 12.3 Å². The van der Waals surface area contributed by atoms with Gasteiger partial charge in [0.05, 0.1) is 13.7 Å². The van der Waals surface area contributed by atoms with Crippen LogP contribution in [0, 0.1) is 0 Å². The smallest absolute Gasteiger partial charge is 0.387 e. The van der Waals surface area contributed by atoms with E-state index in [4.69, 9.17) is 20.3 Å². The van der Waals surface area contributed by atoms with Gasteiger partial charge in [-0.2, -0.15) is 0 Å². The van der Waals surface area contributed by atoms with Crippen LogP contribution in [0.15, 0.2) is 11.1 Å². The number of aromatic amines is 1. The number of imidazole rings is 1. The Labute approximate surface area is 150 Å². The van der Waals surface area contributed by atoms with Crippen LogP contribution in [0.2, 0.25) is 0 Å². The number of anilines is 1. The highest BCUT2D eigenvalue weighted by Crippen LogP contribution is 2.37. The Kier molecular flexibility index (Phi) is 5.09. The molecule has 0 spiro atoms. The number of nitrogen functional groups attached to an aromatic ring is 1. The maximum absolute atomic E-state index is 12.1. The molecule has 8 N–H and O–H groups in total. The Balaban J connectivity index is 2.01. The van der Waals surface area contributed by atoms with E-state index >= 15 is 0 Å². The van der Waals surface area contributed by atoms with E-state index in [1.54, 1.807) is 0 Å². The van der Waals surface area contributed by atoms with Crippen LogP contribution in [-0.2, 0) is 20.9 Å². The summed E-state index contributed by atoms with van der Waals surface area (Å²) in [4.78, 5) is 36.0. The van der Waals surface area contributed by atoms with Crippen molar-refractivity contribution >= 4 is 24.9 Å². The topological polar surface area (TPSA) is 217 Å². The molecule has 0 radical (unpaired) electrons. The monoisotopic (exact) mass is 408 g/mol. The zero-order valence-electron chi connectivity index (χ0n) is 13.9. The number of aliphatic hydroxyl groups is 3. The largest absolute Gasteiger partial charge is 0.469 e. The predicted octanol–water partition coefficient (Wildman–Crippen LogP) is -3.78. The molecule has 1 aliphatic heterocycles. The van der Waals surface area contributed by atoms with Gasteiger partial charge >= 0.3 is 13.5 Å². The summed E-state index contributed by atoms with van der Waals surface area (Å²) in [6, 6.07) is 0. The van der Waals surface area contributed by atoms with Crippen molar-refractivity contribution in [3.05, 3.63) is 16.7 Å². The van der Waals surface area contributed by atoms with Crippen molar-refractivity contribution in [3.8, 4) is 0 Å². The number of rotatable bonds is 4. The van der Waals surface area contributed by atoms with E-state index in [-0.39, 0.29) is 17.1 Å². The zero-order valence-corrected chi connectivity index (χ0v) is 14.8. The second kappa shape index (κ2) is 6.92. The maximum atomic E-state index is 12.1. The van der Waals surface area contributed by atoms with Crippen molar-refractivity contribution in [1.82, 2.24) is 14.5 Å². The van der Waals surface area contributed by atoms with Gasteiger partial charge in [0, 0.05) is 0 Å². The number of nitrogens with two attached hydrogens (primary N) is 1. The Morgan fingerprint density at radius 3 is 2.67 bits per heavy atom. The Morgan fingerprint density at radius 1 is 1.37 bits per heavy atom. The lowest BCUT2D eigenvalue weighted by atomic mass is 9.98. The van der Waals surface area contributed by atoms with Crippen molar-refractivity contribution in [3.63, 3.8) is 0 Å². The van der Waals surface area contributed by atoms with Gasteiger partial charge < -0.3 is 35.6 Å². The fourth-order valence-electron chi connectivity index (χ4n) is 2.92. The number of nitrogens with zero attached hydrogens (tertiary/aromatic N) is 3. The third-order valence-electron chi connectivity index (χ3n) is 4.16. The first-order valence-electron chi connectivity index (χ1n) is 7.65. The van der Waals surface area contributed by atoms with E-state index in [9.17, 15) is 24.7 Å². The summed E-state index contributed by atoms with van der Waals surface area (Å²) in [5.74, 6) is -0.195.